The largest absolute Gasteiger partial charge is 0.385 e. The van der Waals surface area contributed by atoms with Crippen molar-refractivity contribution in [3.63, 3.8) is 0 Å². The summed E-state index contributed by atoms with van der Waals surface area (Å²) in [6, 6.07) is 4.58. The van der Waals surface area contributed by atoms with E-state index in [1.807, 2.05) is 0 Å². The summed E-state index contributed by atoms with van der Waals surface area (Å²) in [5.74, 6) is -0.540. The Morgan fingerprint density at radius 2 is 1.86 bits per heavy atom. The first-order chi connectivity index (χ1) is 9.93. The highest BCUT2D eigenvalue weighted by Gasteiger charge is 2.15. The second-order valence-electron chi connectivity index (χ2n) is 4.52. The second-order valence-corrected chi connectivity index (χ2v) is 5.39. The molecule has 0 atom stereocenters. The third-order valence-corrected chi connectivity index (χ3v) is 3.12. The van der Waals surface area contributed by atoms with Crippen molar-refractivity contribution >= 4 is 35.0 Å². The van der Waals surface area contributed by atoms with E-state index in [4.69, 9.17) is 27.9 Å². The van der Waals surface area contributed by atoms with Gasteiger partial charge in [-0.2, -0.15) is 0 Å². The average molecular weight is 333 g/mol. The van der Waals surface area contributed by atoms with Crippen molar-refractivity contribution in [2.24, 2.45) is 0 Å². The number of hydrogen-bond donors (Lipinski definition) is 1. The van der Waals surface area contributed by atoms with Crippen LogP contribution in [0.25, 0.3) is 0 Å². The average Bonchev–Trinajstić information content (AvgIpc) is 2.41. The Bertz CT molecular complexity index is 489. The number of nitrogens with zero attached hydrogens (tertiary/aromatic N) is 1. The van der Waals surface area contributed by atoms with E-state index in [0.29, 0.717) is 28.8 Å². The molecule has 0 saturated carbocycles. The van der Waals surface area contributed by atoms with E-state index in [9.17, 15) is 9.59 Å². The van der Waals surface area contributed by atoms with E-state index in [0.717, 1.165) is 6.42 Å². The van der Waals surface area contributed by atoms with Crippen molar-refractivity contribution in [2.75, 3.05) is 33.9 Å². The number of rotatable bonds is 7. The number of methoxy groups -OCH3 is 1. The molecule has 1 N–H and O–H groups in total. The quantitative estimate of drug-likeness (QED) is 0.779. The number of ether oxygens (including phenoxy) is 1. The zero-order valence-corrected chi connectivity index (χ0v) is 13.5. The Morgan fingerprint density at radius 1 is 1.24 bits per heavy atom. The Kier molecular flexibility index (Phi) is 7.50. The van der Waals surface area contributed by atoms with Crippen LogP contribution >= 0.6 is 23.2 Å². The lowest BCUT2D eigenvalue weighted by Gasteiger charge is -2.17. The highest BCUT2D eigenvalue weighted by atomic mass is 35.5. The number of amides is 2. The summed E-state index contributed by atoms with van der Waals surface area (Å²) < 4.78 is 4.88. The van der Waals surface area contributed by atoms with E-state index >= 15 is 0 Å². The van der Waals surface area contributed by atoms with Crippen molar-refractivity contribution in [2.45, 2.75) is 6.42 Å². The fourth-order valence-electron chi connectivity index (χ4n) is 1.69. The molecule has 7 heteroatoms. The lowest BCUT2D eigenvalue weighted by molar-refractivity contribution is -0.121. The van der Waals surface area contributed by atoms with Crippen LogP contribution in [0.3, 0.4) is 0 Å². The molecule has 0 aliphatic heterocycles. The molecule has 1 aromatic rings. The molecule has 0 radical (unpaired) electrons. The van der Waals surface area contributed by atoms with Crippen molar-refractivity contribution in [3.05, 3.63) is 33.8 Å². The lowest BCUT2D eigenvalue weighted by Crippen LogP contribution is -2.38. The maximum atomic E-state index is 12.2. The number of likely N-dealkylation sites (N-methyl/N-ethyl adjacent to an activating group) is 1. The topological polar surface area (TPSA) is 58.6 Å². The highest BCUT2D eigenvalue weighted by Crippen LogP contribution is 2.19. The van der Waals surface area contributed by atoms with Crippen LogP contribution in [-0.4, -0.2) is 50.6 Å². The second kappa shape index (κ2) is 8.87. The lowest BCUT2D eigenvalue weighted by atomic mass is 10.2. The Morgan fingerprint density at radius 3 is 2.43 bits per heavy atom. The molecule has 2 amide bonds. The first-order valence-electron chi connectivity index (χ1n) is 6.41. The molecule has 116 valence electrons. The molecule has 0 saturated heterocycles. The molecule has 0 aromatic heterocycles. The van der Waals surface area contributed by atoms with Gasteiger partial charge in [-0.3, -0.25) is 9.59 Å². The van der Waals surface area contributed by atoms with Gasteiger partial charge in [-0.05, 0) is 24.6 Å². The Labute approximate surface area is 134 Å². The SMILES string of the molecule is COCCCNC(=O)CN(C)C(=O)c1cc(Cl)cc(Cl)c1. The van der Waals surface area contributed by atoms with Gasteiger partial charge in [0.05, 0.1) is 6.54 Å². The summed E-state index contributed by atoms with van der Waals surface area (Å²) in [6.07, 6.45) is 0.726. The van der Waals surface area contributed by atoms with Crippen LogP contribution in [0.1, 0.15) is 16.8 Å². The summed E-state index contributed by atoms with van der Waals surface area (Å²) in [7, 11) is 3.15. The summed E-state index contributed by atoms with van der Waals surface area (Å²) in [5.41, 5.74) is 0.349. The van der Waals surface area contributed by atoms with Gasteiger partial charge < -0.3 is 15.0 Å². The molecule has 0 fully saturated rings. The van der Waals surface area contributed by atoms with Crippen LogP contribution in [0.4, 0.5) is 0 Å². The number of nitrogens with one attached hydrogen (secondary N) is 1. The van der Waals surface area contributed by atoms with Gasteiger partial charge in [0.1, 0.15) is 0 Å². The number of halogens is 2. The highest BCUT2D eigenvalue weighted by molar-refractivity contribution is 6.35. The summed E-state index contributed by atoms with van der Waals surface area (Å²) in [5, 5.41) is 3.47. The molecule has 0 bridgehead atoms. The molecule has 0 unspecified atom stereocenters. The first-order valence-corrected chi connectivity index (χ1v) is 7.17. The van der Waals surface area contributed by atoms with Crippen LogP contribution in [-0.2, 0) is 9.53 Å². The standard InChI is InChI=1S/C14H18Cl2N2O3/c1-18(9-13(19)17-4-3-5-21-2)14(20)10-6-11(15)8-12(16)7-10/h6-8H,3-5,9H2,1-2H3,(H,17,19). The third kappa shape index (κ3) is 6.33. The first kappa shape index (κ1) is 17.8. The summed E-state index contributed by atoms with van der Waals surface area (Å²) in [6.45, 7) is 1.06. The van der Waals surface area contributed by atoms with Gasteiger partial charge >= 0.3 is 0 Å². The van der Waals surface area contributed by atoms with Gasteiger partial charge in [-0.25, -0.2) is 0 Å². The van der Waals surface area contributed by atoms with E-state index < -0.39 is 0 Å². The van der Waals surface area contributed by atoms with Crippen LogP contribution in [0.15, 0.2) is 18.2 Å². The van der Waals surface area contributed by atoms with Crippen molar-refractivity contribution in [3.8, 4) is 0 Å². The van der Waals surface area contributed by atoms with Gasteiger partial charge in [-0.15, -0.1) is 0 Å². The van der Waals surface area contributed by atoms with Gasteiger partial charge in [0.2, 0.25) is 5.91 Å². The van der Waals surface area contributed by atoms with Gasteiger partial charge in [0, 0.05) is 42.9 Å². The van der Waals surface area contributed by atoms with E-state index in [1.165, 1.54) is 17.0 Å². The molecule has 1 rings (SSSR count). The van der Waals surface area contributed by atoms with Gasteiger partial charge in [0.25, 0.3) is 5.91 Å². The summed E-state index contributed by atoms with van der Waals surface area (Å²) >= 11 is 11.7. The summed E-state index contributed by atoms with van der Waals surface area (Å²) in [4.78, 5) is 25.2. The maximum absolute atomic E-state index is 12.2. The van der Waals surface area contributed by atoms with Crippen molar-refractivity contribution < 1.29 is 14.3 Å². The Hall–Kier alpha value is -1.30. The molecule has 21 heavy (non-hydrogen) atoms. The molecule has 0 aliphatic rings. The van der Waals surface area contributed by atoms with Gasteiger partial charge in [-0.1, -0.05) is 23.2 Å². The minimum atomic E-state index is -0.313. The van der Waals surface area contributed by atoms with E-state index in [1.54, 1.807) is 20.2 Å². The van der Waals surface area contributed by atoms with Crippen molar-refractivity contribution in [1.82, 2.24) is 10.2 Å². The molecule has 5 nitrogen and oxygen atoms in total. The maximum Gasteiger partial charge on any atom is 0.254 e. The van der Waals surface area contributed by atoms with Gasteiger partial charge in [0.15, 0.2) is 0 Å². The monoisotopic (exact) mass is 332 g/mol. The smallest absolute Gasteiger partial charge is 0.254 e. The number of benzene rings is 1. The minimum absolute atomic E-state index is 0.0318. The molecular formula is C14H18Cl2N2O3. The normalized spacial score (nSPS) is 10.3. The van der Waals surface area contributed by atoms with E-state index in [-0.39, 0.29) is 18.4 Å². The molecule has 1 aromatic carbocycles. The number of carbonyl (C=O) groups is 2. The molecular weight excluding hydrogens is 315 g/mol. The fourth-order valence-corrected chi connectivity index (χ4v) is 2.21. The zero-order valence-electron chi connectivity index (χ0n) is 12.0. The molecule has 0 spiro atoms. The molecule has 0 aliphatic carbocycles. The number of hydrogen-bond acceptors (Lipinski definition) is 3. The van der Waals surface area contributed by atoms with Crippen molar-refractivity contribution in [1.29, 1.82) is 0 Å². The number of carbonyl (C=O) groups excluding carboxylic acids is 2. The van der Waals surface area contributed by atoms with Crippen LogP contribution in [0, 0.1) is 0 Å². The fraction of sp³-hybridized carbons (Fsp3) is 0.429. The van der Waals surface area contributed by atoms with E-state index in [2.05, 4.69) is 5.32 Å². The predicted molar refractivity (Wildman–Crippen MR) is 82.9 cm³/mol. The zero-order chi connectivity index (χ0) is 15.8. The van der Waals surface area contributed by atoms with Crippen LogP contribution in [0.5, 0.6) is 0 Å². The van der Waals surface area contributed by atoms with Crippen LogP contribution in [0.2, 0.25) is 10.0 Å². The predicted octanol–water partition coefficient (Wildman–Crippen LogP) is 2.22. The van der Waals surface area contributed by atoms with Crippen LogP contribution < -0.4 is 5.32 Å². The third-order valence-electron chi connectivity index (χ3n) is 2.68. The Balaban J connectivity index is 2.52. The molecule has 0 heterocycles. The minimum Gasteiger partial charge on any atom is -0.385 e.